The monoisotopic (exact) mass is 457 g/mol. The van der Waals surface area contributed by atoms with Crippen molar-refractivity contribution in [1.29, 1.82) is 0 Å². The first-order valence-corrected chi connectivity index (χ1v) is 11.0. The first-order chi connectivity index (χ1) is 16.5. The second kappa shape index (κ2) is 11.5. The number of allylic oxidation sites excluding steroid dienone is 2. The predicted octanol–water partition coefficient (Wildman–Crippen LogP) is 4.36. The Morgan fingerprint density at radius 1 is 0.941 bits per heavy atom. The molecule has 1 aliphatic heterocycles. The Kier molecular flexibility index (Phi) is 8.18. The molecule has 0 fully saturated rings. The molecule has 7 heteroatoms. The lowest BCUT2D eigenvalue weighted by atomic mass is 10.0. The molecule has 0 aromatic heterocycles. The number of hydrogen-bond acceptors (Lipinski definition) is 5. The molecule has 0 radical (unpaired) electrons. The molecule has 1 heterocycles. The molecule has 174 valence electrons. The SMILES string of the molecule is CC.N/C(=C\C=C(/N)NC1N=C(c2ccccc2)c2ccccc2NC1=O)c1ccc(F)cc1. The minimum absolute atomic E-state index is 0.206. The third-order valence-corrected chi connectivity index (χ3v) is 4.92. The van der Waals surface area contributed by atoms with Gasteiger partial charge in [-0.2, -0.15) is 0 Å². The van der Waals surface area contributed by atoms with E-state index in [0.717, 1.165) is 11.1 Å². The summed E-state index contributed by atoms with van der Waals surface area (Å²) in [6, 6.07) is 22.9. The van der Waals surface area contributed by atoms with Crippen molar-refractivity contribution in [3.8, 4) is 0 Å². The normalized spacial score (nSPS) is 15.7. The number of nitrogens with two attached hydrogens (primary N) is 2. The fourth-order valence-corrected chi connectivity index (χ4v) is 3.30. The number of carbonyl (C=O) groups is 1. The zero-order valence-electron chi connectivity index (χ0n) is 19.1. The highest BCUT2D eigenvalue weighted by atomic mass is 19.1. The zero-order chi connectivity index (χ0) is 24.5. The number of rotatable bonds is 5. The number of carbonyl (C=O) groups excluding carboxylic acids is 1. The summed E-state index contributed by atoms with van der Waals surface area (Å²) in [5.41, 5.74) is 16.2. The van der Waals surface area contributed by atoms with Crippen molar-refractivity contribution in [2.75, 3.05) is 5.32 Å². The van der Waals surface area contributed by atoms with Gasteiger partial charge in [-0.05, 0) is 35.9 Å². The average molecular weight is 458 g/mol. The minimum atomic E-state index is -0.950. The second-order valence-corrected chi connectivity index (χ2v) is 7.18. The van der Waals surface area contributed by atoms with Crippen LogP contribution in [0, 0.1) is 5.82 Å². The number of benzodiazepines with no additional fused rings is 1. The topological polar surface area (TPSA) is 106 Å². The number of benzene rings is 3. The van der Waals surface area contributed by atoms with Gasteiger partial charge in [0.05, 0.1) is 17.2 Å². The number of anilines is 1. The van der Waals surface area contributed by atoms with Crippen LogP contribution in [0.2, 0.25) is 0 Å². The van der Waals surface area contributed by atoms with E-state index in [1.807, 2.05) is 68.4 Å². The van der Waals surface area contributed by atoms with Crippen molar-refractivity contribution in [1.82, 2.24) is 5.32 Å². The van der Waals surface area contributed by atoms with Crippen LogP contribution in [0.1, 0.15) is 30.5 Å². The second-order valence-electron chi connectivity index (χ2n) is 7.18. The number of aliphatic imine (C=N–C) groups is 1. The van der Waals surface area contributed by atoms with Gasteiger partial charge in [0.2, 0.25) is 6.17 Å². The summed E-state index contributed by atoms with van der Waals surface area (Å²) in [6.07, 6.45) is 2.18. The third-order valence-electron chi connectivity index (χ3n) is 4.92. The van der Waals surface area contributed by atoms with Gasteiger partial charge in [0, 0.05) is 16.8 Å². The van der Waals surface area contributed by atoms with E-state index in [9.17, 15) is 9.18 Å². The van der Waals surface area contributed by atoms with Gasteiger partial charge in [0.25, 0.3) is 5.91 Å². The number of halogens is 1. The van der Waals surface area contributed by atoms with Gasteiger partial charge in [-0.25, -0.2) is 9.38 Å². The summed E-state index contributed by atoms with van der Waals surface area (Å²) >= 11 is 0. The van der Waals surface area contributed by atoms with Gasteiger partial charge in [-0.15, -0.1) is 0 Å². The highest BCUT2D eigenvalue weighted by Gasteiger charge is 2.25. The van der Waals surface area contributed by atoms with E-state index < -0.39 is 6.17 Å². The molecule has 0 spiro atoms. The zero-order valence-corrected chi connectivity index (χ0v) is 19.1. The Bertz CT molecular complexity index is 1220. The van der Waals surface area contributed by atoms with Gasteiger partial charge in [0.1, 0.15) is 5.82 Å². The highest BCUT2D eigenvalue weighted by Crippen LogP contribution is 2.23. The summed E-state index contributed by atoms with van der Waals surface area (Å²) < 4.78 is 13.1. The van der Waals surface area contributed by atoms with Crippen LogP contribution in [-0.2, 0) is 4.79 Å². The van der Waals surface area contributed by atoms with Crippen LogP contribution in [0.25, 0.3) is 5.70 Å². The average Bonchev–Trinajstić information content (AvgIpc) is 3.01. The van der Waals surface area contributed by atoms with Gasteiger partial charge in [0.15, 0.2) is 0 Å². The van der Waals surface area contributed by atoms with Crippen LogP contribution in [0.15, 0.2) is 102 Å². The van der Waals surface area contributed by atoms with Gasteiger partial charge in [-0.1, -0.05) is 74.5 Å². The maximum absolute atomic E-state index is 13.1. The van der Waals surface area contributed by atoms with E-state index in [2.05, 4.69) is 15.6 Å². The molecule has 1 unspecified atom stereocenters. The van der Waals surface area contributed by atoms with Crippen LogP contribution in [-0.4, -0.2) is 17.8 Å². The standard InChI is InChI=1S/C25H22FN5O.C2H6/c26-18-12-10-16(11-13-18)20(27)14-15-22(28)30-24-25(32)29-21-9-5-4-8-19(21)23(31-24)17-6-2-1-3-7-17;1-2/h1-15,24,30H,27-28H2,(H,29,32);1-2H3/b20-14-,22-15+;. The van der Waals surface area contributed by atoms with E-state index >= 15 is 0 Å². The van der Waals surface area contributed by atoms with Crippen molar-refractivity contribution in [3.63, 3.8) is 0 Å². The highest BCUT2D eigenvalue weighted by molar-refractivity contribution is 6.19. The number of para-hydroxylation sites is 1. The van der Waals surface area contributed by atoms with E-state index in [1.165, 1.54) is 12.1 Å². The van der Waals surface area contributed by atoms with Crippen LogP contribution in [0.4, 0.5) is 10.1 Å². The first kappa shape index (κ1) is 24.3. The Morgan fingerprint density at radius 3 is 2.29 bits per heavy atom. The summed E-state index contributed by atoms with van der Waals surface area (Å²) in [6.45, 7) is 4.00. The molecule has 3 aromatic carbocycles. The molecule has 1 amide bonds. The molecule has 0 saturated carbocycles. The predicted molar refractivity (Wildman–Crippen MR) is 136 cm³/mol. The van der Waals surface area contributed by atoms with Crippen LogP contribution >= 0.6 is 0 Å². The molecular weight excluding hydrogens is 429 g/mol. The molecule has 0 aliphatic carbocycles. The van der Waals surface area contributed by atoms with E-state index in [4.69, 9.17) is 11.5 Å². The van der Waals surface area contributed by atoms with Gasteiger partial charge < -0.3 is 22.1 Å². The van der Waals surface area contributed by atoms with Crippen LogP contribution in [0.5, 0.6) is 0 Å². The fraction of sp³-hybridized carbons (Fsp3) is 0.111. The molecular formula is C27H28FN5O. The number of nitrogens with zero attached hydrogens (tertiary/aromatic N) is 1. The molecule has 3 aromatic rings. The largest absolute Gasteiger partial charge is 0.398 e. The lowest BCUT2D eigenvalue weighted by Gasteiger charge is -2.14. The van der Waals surface area contributed by atoms with Crippen molar-refractivity contribution in [3.05, 3.63) is 119 Å². The van der Waals surface area contributed by atoms with Gasteiger partial charge in [-0.3, -0.25) is 4.79 Å². The fourth-order valence-electron chi connectivity index (χ4n) is 3.30. The summed E-state index contributed by atoms with van der Waals surface area (Å²) in [7, 11) is 0. The van der Waals surface area contributed by atoms with Crippen molar-refractivity contribution < 1.29 is 9.18 Å². The first-order valence-electron chi connectivity index (χ1n) is 11.0. The number of amides is 1. The van der Waals surface area contributed by atoms with Crippen LogP contribution in [0.3, 0.4) is 0 Å². The quantitative estimate of drug-likeness (QED) is 0.427. The Morgan fingerprint density at radius 2 is 1.59 bits per heavy atom. The smallest absolute Gasteiger partial charge is 0.269 e. The number of fused-ring (bicyclic) bond motifs is 1. The van der Waals surface area contributed by atoms with E-state index in [-0.39, 0.29) is 17.5 Å². The summed E-state index contributed by atoms with van der Waals surface area (Å²) in [4.78, 5) is 17.5. The molecule has 1 atom stereocenters. The Labute approximate surface area is 198 Å². The Hall–Kier alpha value is -4.39. The number of hydrogen-bond donors (Lipinski definition) is 4. The maximum atomic E-state index is 13.1. The lowest BCUT2D eigenvalue weighted by Crippen LogP contribution is -2.40. The summed E-state index contributed by atoms with van der Waals surface area (Å²) in [5.74, 6) is -0.474. The van der Waals surface area contributed by atoms with Gasteiger partial charge >= 0.3 is 0 Å². The van der Waals surface area contributed by atoms with Crippen LogP contribution < -0.4 is 22.1 Å². The maximum Gasteiger partial charge on any atom is 0.269 e. The minimum Gasteiger partial charge on any atom is -0.398 e. The molecule has 34 heavy (non-hydrogen) atoms. The van der Waals surface area contributed by atoms with Crippen molar-refractivity contribution in [2.24, 2.45) is 16.5 Å². The molecule has 0 saturated heterocycles. The van der Waals surface area contributed by atoms with Crippen molar-refractivity contribution >= 4 is 23.0 Å². The van der Waals surface area contributed by atoms with E-state index in [0.29, 0.717) is 22.7 Å². The van der Waals surface area contributed by atoms with Crippen molar-refractivity contribution in [2.45, 2.75) is 20.0 Å². The van der Waals surface area contributed by atoms with E-state index in [1.54, 1.807) is 24.3 Å². The Balaban J connectivity index is 0.00000158. The molecule has 1 aliphatic rings. The third kappa shape index (κ3) is 5.89. The lowest BCUT2D eigenvalue weighted by molar-refractivity contribution is -0.117. The number of nitrogens with one attached hydrogen (secondary N) is 2. The molecule has 6 N–H and O–H groups in total. The molecule has 4 rings (SSSR count). The molecule has 0 bridgehead atoms. The molecule has 6 nitrogen and oxygen atoms in total. The summed E-state index contributed by atoms with van der Waals surface area (Å²) in [5, 5.41) is 5.84.